The van der Waals surface area contributed by atoms with Crippen molar-refractivity contribution in [1.29, 1.82) is 0 Å². The molecule has 0 spiro atoms. The maximum atomic E-state index is 10.9. The molecule has 0 heterocycles. The highest BCUT2D eigenvalue weighted by molar-refractivity contribution is 7.89. The van der Waals surface area contributed by atoms with E-state index in [0.29, 0.717) is 5.02 Å². The van der Waals surface area contributed by atoms with Crippen LogP contribution in [0.1, 0.15) is 0 Å². The minimum atomic E-state index is -3.80. The molecule has 66 valence electrons. The Bertz CT molecular complexity index is 376. The monoisotopic (exact) mass is 207 g/mol. The number of sulfonamides is 1. The molecule has 2 N–H and O–H groups in total. The Kier molecular flexibility index (Phi) is 2.69. The van der Waals surface area contributed by atoms with E-state index in [1.165, 1.54) is 29.2 Å². The van der Waals surface area contributed by atoms with Gasteiger partial charge < -0.3 is 5.21 Å². The number of hydrogen-bond acceptors (Lipinski definition) is 3. The molecule has 1 aromatic carbocycles. The lowest BCUT2D eigenvalue weighted by Gasteiger charge is -2.00. The topological polar surface area (TPSA) is 66.4 Å². The maximum Gasteiger partial charge on any atom is 0.262 e. The van der Waals surface area contributed by atoms with Crippen molar-refractivity contribution in [3.05, 3.63) is 29.3 Å². The zero-order chi connectivity index (χ0) is 9.19. The predicted octanol–water partition coefficient (Wildman–Crippen LogP) is 1.01. The summed E-state index contributed by atoms with van der Waals surface area (Å²) in [4.78, 5) is 1.13. The van der Waals surface area contributed by atoms with Crippen molar-refractivity contribution in [2.75, 3.05) is 0 Å². The van der Waals surface area contributed by atoms with Crippen LogP contribution in [0.15, 0.2) is 29.2 Å². The van der Waals surface area contributed by atoms with Crippen LogP contribution in [0.4, 0.5) is 0 Å². The van der Waals surface area contributed by atoms with Crippen LogP contribution in [0, 0.1) is 0 Å². The van der Waals surface area contributed by atoms with Crippen molar-refractivity contribution in [3.63, 3.8) is 0 Å². The molecule has 0 radical (unpaired) electrons. The van der Waals surface area contributed by atoms with E-state index in [-0.39, 0.29) is 4.90 Å². The standard InChI is InChI=1S/C6H6ClNO3S/c7-5-2-1-3-6(4-5)12(10,11)8-9/h1-4,8-9H. The summed E-state index contributed by atoms with van der Waals surface area (Å²) < 4.78 is 21.9. The smallest absolute Gasteiger partial charge is 0.262 e. The highest BCUT2D eigenvalue weighted by atomic mass is 35.5. The quantitative estimate of drug-likeness (QED) is 0.712. The number of rotatable bonds is 2. The third-order valence-corrected chi connectivity index (χ3v) is 2.58. The van der Waals surface area contributed by atoms with Crippen LogP contribution in [-0.4, -0.2) is 13.6 Å². The van der Waals surface area contributed by atoms with E-state index in [4.69, 9.17) is 16.8 Å². The van der Waals surface area contributed by atoms with E-state index >= 15 is 0 Å². The number of benzene rings is 1. The van der Waals surface area contributed by atoms with Crippen molar-refractivity contribution in [3.8, 4) is 0 Å². The maximum absolute atomic E-state index is 10.9. The molecule has 0 atom stereocenters. The molecule has 4 nitrogen and oxygen atoms in total. The minimum absolute atomic E-state index is 0.0718. The Morgan fingerprint density at radius 2 is 2.08 bits per heavy atom. The Morgan fingerprint density at radius 3 is 2.58 bits per heavy atom. The largest absolute Gasteiger partial charge is 0.302 e. The van der Waals surface area contributed by atoms with E-state index in [2.05, 4.69) is 0 Å². The second kappa shape index (κ2) is 3.40. The van der Waals surface area contributed by atoms with Gasteiger partial charge in [0.2, 0.25) is 0 Å². The van der Waals surface area contributed by atoms with Crippen LogP contribution < -0.4 is 4.89 Å². The highest BCUT2D eigenvalue weighted by Crippen LogP contribution is 2.14. The Balaban J connectivity index is 3.21. The van der Waals surface area contributed by atoms with Gasteiger partial charge in [-0.15, -0.1) is 0 Å². The fraction of sp³-hybridized carbons (Fsp3) is 0. The number of nitrogens with one attached hydrogen (secondary N) is 1. The molecule has 0 aliphatic heterocycles. The van der Waals surface area contributed by atoms with Crippen molar-refractivity contribution >= 4 is 21.6 Å². The molecule has 0 saturated carbocycles. The summed E-state index contributed by atoms with van der Waals surface area (Å²) in [5.74, 6) is 0. The molecule has 6 heteroatoms. The predicted molar refractivity (Wildman–Crippen MR) is 43.6 cm³/mol. The van der Waals surface area contributed by atoms with Crippen LogP contribution >= 0.6 is 11.6 Å². The molecule has 1 rings (SSSR count). The van der Waals surface area contributed by atoms with Crippen LogP contribution in [0.2, 0.25) is 5.02 Å². The van der Waals surface area contributed by atoms with Gasteiger partial charge in [-0.25, -0.2) is 8.42 Å². The highest BCUT2D eigenvalue weighted by Gasteiger charge is 2.11. The van der Waals surface area contributed by atoms with Gasteiger partial charge in [-0.05, 0) is 18.2 Å². The molecule has 0 amide bonds. The first kappa shape index (κ1) is 9.47. The summed E-state index contributed by atoms with van der Waals surface area (Å²) in [5.41, 5.74) is 0. The lowest BCUT2D eigenvalue weighted by molar-refractivity contribution is 0.242. The van der Waals surface area contributed by atoms with Crippen LogP contribution in [0.25, 0.3) is 0 Å². The second-order valence-electron chi connectivity index (χ2n) is 2.05. The van der Waals surface area contributed by atoms with Crippen molar-refractivity contribution in [2.24, 2.45) is 0 Å². The Labute approximate surface area is 74.8 Å². The zero-order valence-electron chi connectivity index (χ0n) is 5.86. The van der Waals surface area contributed by atoms with E-state index in [0.717, 1.165) is 0 Å². The third kappa shape index (κ3) is 1.95. The van der Waals surface area contributed by atoms with Crippen molar-refractivity contribution in [1.82, 2.24) is 4.89 Å². The molecular weight excluding hydrogens is 202 g/mol. The van der Waals surface area contributed by atoms with Gasteiger partial charge in [0.05, 0.1) is 4.90 Å². The number of hydrogen-bond donors (Lipinski definition) is 2. The molecule has 0 aliphatic rings. The third-order valence-electron chi connectivity index (χ3n) is 1.23. The average molecular weight is 208 g/mol. The first-order valence-electron chi connectivity index (χ1n) is 2.98. The summed E-state index contributed by atoms with van der Waals surface area (Å²) >= 11 is 5.53. The van der Waals surface area contributed by atoms with E-state index in [1.807, 2.05) is 0 Å². The lowest BCUT2D eigenvalue weighted by Crippen LogP contribution is -2.19. The van der Waals surface area contributed by atoms with Gasteiger partial charge in [-0.1, -0.05) is 22.6 Å². The molecular formula is C6H6ClNO3S. The summed E-state index contributed by atoms with van der Waals surface area (Å²) in [7, 11) is -3.80. The molecule has 0 saturated heterocycles. The summed E-state index contributed by atoms with van der Waals surface area (Å²) in [6.07, 6.45) is 0. The van der Waals surface area contributed by atoms with E-state index < -0.39 is 10.0 Å². The minimum Gasteiger partial charge on any atom is -0.302 e. The van der Waals surface area contributed by atoms with Gasteiger partial charge in [0.15, 0.2) is 0 Å². The molecule has 0 bridgehead atoms. The van der Waals surface area contributed by atoms with Crippen molar-refractivity contribution < 1.29 is 13.6 Å². The zero-order valence-corrected chi connectivity index (χ0v) is 7.43. The first-order chi connectivity index (χ1) is 5.56. The van der Waals surface area contributed by atoms with Gasteiger partial charge in [-0.2, -0.15) is 0 Å². The van der Waals surface area contributed by atoms with Gasteiger partial charge in [-0.3, -0.25) is 0 Å². The molecule has 12 heavy (non-hydrogen) atoms. The normalized spacial score (nSPS) is 11.5. The molecule has 0 aliphatic carbocycles. The van der Waals surface area contributed by atoms with Gasteiger partial charge in [0.1, 0.15) is 0 Å². The fourth-order valence-electron chi connectivity index (χ4n) is 0.687. The van der Waals surface area contributed by atoms with Crippen LogP contribution in [0.3, 0.4) is 0 Å². The lowest BCUT2D eigenvalue weighted by atomic mass is 10.4. The Hall–Kier alpha value is -0.620. The summed E-state index contributed by atoms with van der Waals surface area (Å²) in [5, 5.41) is 8.55. The Morgan fingerprint density at radius 1 is 1.42 bits per heavy atom. The number of halogens is 1. The van der Waals surface area contributed by atoms with Crippen LogP contribution in [0.5, 0.6) is 0 Å². The van der Waals surface area contributed by atoms with Crippen molar-refractivity contribution in [2.45, 2.75) is 4.90 Å². The average Bonchev–Trinajstić information content (AvgIpc) is 2.05. The SMILES string of the molecule is O=S(=O)(NO)c1cccc(Cl)c1. The van der Waals surface area contributed by atoms with E-state index in [1.54, 1.807) is 0 Å². The van der Waals surface area contributed by atoms with Gasteiger partial charge in [0.25, 0.3) is 10.0 Å². The molecule has 1 aromatic rings. The summed E-state index contributed by atoms with van der Waals surface area (Å²) in [6, 6.07) is 5.58. The summed E-state index contributed by atoms with van der Waals surface area (Å²) in [6.45, 7) is 0. The molecule has 0 aromatic heterocycles. The van der Waals surface area contributed by atoms with Gasteiger partial charge in [0, 0.05) is 5.02 Å². The van der Waals surface area contributed by atoms with Crippen LogP contribution in [-0.2, 0) is 10.0 Å². The molecule has 0 unspecified atom stereocenters. The first-order valence-corrected chi connectivity index (χ1v) is 4.84. The fourth-order valence-corrected chi connectivity index (χ4v) is 1.59. The van der Waals surface area contributed by atoms with Gasteiger partial charge >= 0.3 is 0 Å². The van der Waals surface area contributed by atoms with E-state index in [9.17, 15) is 8.42 Å². The molecule has 0 fully saturated rings. The second-order valence-corrected chi connectivity index (χ2v) is 4.15.